The molecule has 1 saturated heterocycles. The fourth-order valence-electron chi connectivity index (χ4n) is 1.54. The normalized spacial score (nSPS) is 27.2. The molecule has 2 unspecified atom stereocenters. The zero-order valence-corrected chi connectivity index (χ0v) is 7.40. The van der Waals surface area contributed by atoms with Crippen LogP contribution in [-0.2, 0) is 14.4 Å². The Labute approximate surface area is 79.9 Å². The van der Waals surface area contributed by atoms with Crippen molar-refractivity contribution in [2.24, 2.45) is 11.8 Å². The molecule has 1 heterocycles. The number of amides is 2. The molecule has 0 bridgehead atoms. The number of nitrogens with one attached hydrogen (secondary N) is 1. The Hall–Kier alpha value is -1.43. The lowest BCUT2D eigenvalue weighted by molar-refractivity contribution is -0.154. The lowest BCUT2D eigenvalue weighted by atomic mass is 9.83. The fourth-order valence-corrected chi connectivity index (χ4v) is 1.54. The van der Waals surface area contributed by atoms with Gasteiger partial charge in [-0.25, -0.2) is 0 Å². The van der Waals surface area contributed by atoms with Crippen LogP contribution in [0, 0.1) is 11.8 Å². The molecule has 1 aliphatic rings. The van der Waals surface area contributed by atoms with Gasteiger partial charge in [-0.05, 0) is 6.42 Å². The minimum absolute atomic E-state index is 0.0656. The Morgan fingerprint density at radius 2 is 2.14 bits per heavy atom. The molecule has 0 aromatic rings. The molecule has 6 nitrogen and oxygen atoms in total. The van der Waals surface area contributed by atoms with Crippen LogP contribution in [0.1, 0.15) is 12.8 Å². The predicted octanol–water partition coefficient (Wildman–Crippen LogP) is -1.27. The highest BCUT2D eigenvalue weighted by molar-refractivity contribution is 6.02. The molecule has 0 radical (unpaired) electrons. The molecule has 2 atom stereocenters. The maximum absolute atomic E-state index is 11.2. The molecule has 78 valence electrons. The van der Waals surface area contributed by atoms with Crippen LogP contribution in [0.3, 0.4) is 0 Å². The summed E-state index contributed by atoms with van der Waals surface area (Å²) < 4.78 is 0. The van der Waals surface area contributed by atoms with Crippen LogP contribution in [0.4, 0.5) is 0 Å². The third-order valence-electron chi connectivity index (χ3n) is 2.25. The van der Waals surface area contributed by atoms with Crippen LogP contribution in [0.2, 0.25) is 0 Å². The van der Waals surface area contributed by atoms with Gasteiger partial charge in [0.2, 0.25) is 11.8 Å². The van der Waals surface area contributed by atoms with Gasteiger partial charge in [-0.3, -0.25) is 19.7 Å². The van der Waals surface area contributed by atoms with Crippen molar-refractivity contribution in [3.8, 4) is 0 Å². The van der Waals surface area contributed by atoms with Crippen LogP contribution in [0.5, 0.6) is 0 Å². The number of aliphatic carboxylic acids is 1. The lowest BCUT2D eigenvalue weighted by Crippen LogP contribution is -2.48. The Morgan fingerprint density at radius 1 is 1.50 bits per heavy atom. The number of carbonyl (C=O) groups excluding carboxylic acids is 2. The van der Waals surface area contributed by atoms with E-state index in [1.54, 1.807) is 0 Å². The van der Waals surface area contributed by atoms with Crippen LogP contribution in [-0.4, -0.2) is 34.6 Å². The van der Waals surface area contributed by atoms with Crippen molar-refractivity contribution in [1.29, 1.82) is 0 Å². The Bertz CT molecular complexity index is 275. The van der Waals surface area contributed by atoms with E-state index in [4.69, 9.17) is 10.2 Å². The van der Waals surface area contributed by atoms with E-state index in [0.29, 0.717) is 0 Å². The molecule has 2 amide bonds. The quantitative estimate of drug-likeness (QED) is 0.494. The molecular weight excluding hydrogens is 190 g/mol. The largest absolute Gasteiger partial charge is 0.481 e. The molecule has 1 rings (SSSR count). The summed E-state index contributed by atoms with van der Waals surface area (Å²) in [4.78, 5) is 32.8. The van der Waals surface area contributed by atoms with E-state index in [2.05, 4.69) is 0 Å². The van der Waals surface area contributed by atoms with E-state index in [9.17, 15) is 14.4 Å². The summed E-state index contributed by atoms with van der Waals surface area (Å²) in [6, 6.07) is 0. The van der Waals surface area contributed by atoms with Gasteiger partial charge in [0.15, 0.2) is 0 Å². The highest BCUT2D eigenvalue weighted by Crippen LogP contribution is 2.23. The van der Waals surface area contributed by atoms with Crippen molar-refractivity contribution in [3.05, 3.63) is 0 Å². The van der Waals surface area contributed by atoms with E-state index < -0.39 is 29.6 Å². The zero-order valence-electron chi connectivity index (χ0n) is 7.40. The molecule has 0 aromatic carbocycles. The topological polar surface area (TPSA) is 104 Å². The monoisotopic (exact) mass is 201 g/mol. The Balaban J connectivity index is 2.80. The number of rotatable bonds is 3. The maximum Gasteiger partial charge on any atom is 0.307 e. The smallest absolute Gasteiger partial charge is 0.307 e. The first kappa shape index (κ1) is 10.6. The summed E-state index contributed by atoms with van der Waals surface area (Å²) in [6.45, 7) is -0.268. The Kier molecular flexibility index (Phi) is 3.19. The number of piperidine rings is 1. The molecule has 0 spiro atoms. The number of carboxylic acid groups (broad SMARTS) is 1. The molecule has 1 aliphatic heterocycles. The number of carbonyl (C=O) groups is 3. The average Bonchev–Trinajstić information content (AvgIpc) is 2.09. The van der Waals surface area contributed by atoms with Gasteiger partial charge in [-0.2, -0.15) is 0 Å². The second kappa shape index (κ2) is 4.19. The van der Waals surface area contributed by atoms with Crippen molar-refractivity contribution in [2.75, 3.05) is 6.61 Å². The minimum Gasteiger partial charge on any atom is -0.481 e. The van der Waals surface area contributed by atoms with Crippen molar-refractivity contribution < 1.29 is 24.6 Å². The number of hydrogen-bond donors (Lipinski definition) is 3. The standard InChI is InChI=1S/C8H11NO5/c10-2-1-4-5(8(13)14)3-6(11)9-7(4)12/h4-5,10H,1-3H2,(H,13,14)(H,9,11,12). The van der Waals surface area contributed by atoms with Crippen LogP contribution >= 0.6 is 0 Å². The van der Waals surface area contributed by atoms with E-state index in [1.807, 2.05) is 5.32 Å². The first-order chi connectivity index (χ1) is 6.56. The summed E-state index contributed by atoms with van der Waals surface area (Å²) in [5.74, 6) is -4.18. The van der Waals surface area contributed by atoms with Gasteiger partial charge in [0.05, 0.1) is 11.8 Å². The SMILES string of the molecule is O=C1CC(C(=O)O)C(CCO)C(=O)N1. The summed E-state index contributed by atoms with van der Waals surface area (Å²) in [5, 5.41) is 19.4. The molecule has 14 heavy (non-hydrogen) atoms. The molecule has 3 N–H and O–H groups in total. The number of carboxylic acids is 1. The van der Waals surface area contributed by atoms with Crippen molar-refractivity contribution in [3.63, 3.8) is 0 Å². The van der Waals surface area contributed by atoms with Gasteiger partial charge in [0.25, 0.3) is 0 Å². The molecule has 0 saturated carbocycles. The third-order valence-corrected chi connectivity index (χ3v) is 2.25. The van der Waals surface area contributed by atoms with E-state index >= 15 is 0 Å². The van der Waals surface area contributed by atoms with Crippen molar-refractivity contribution in [1.82, 2.24) is 5.32 Å². The number of imide groups is 1. The van der Waals surface area contributed by atoms with Crippen LogP contribution < -0.4 is 5.32 Å². The maximum atomic E-state index is 11.2. The highest BCUT2D eigenvalue weighted by atomic mass is 16.4. The summed E-state index contributed by atoms with van der Waals surface area (Å²) in [5.41, 5.74) is 0. The average molecular weight is 201 g/mol. The summed E-state index contributed by atoms with van der Waals surface area (Å²) >= 11 is 0. The lowest BCUT2D eigenvalue weighted by Gasteiger charge is -2.26. The molecular formula is C8H11NO5. The number of aliphatic hydroxyl groups is 1. The molecule has 6 heteroatoms. The second-order valence-corrected chi connectivity index (χ2v) is 3.18. The van der Waals surface area contributed by atoms with Gasteiger partial charge < -0.3 is 10.2 Å². The van der Waals surface area contributed by atoms with Gasteiger partial charge >= 0.3 is 5.97 Å². The van der Waals surface area contributed by atoms with Gasteiger partial charge in [0, 0.05) is 13.0 Å². The minimum atomic E-state index is -1.17. The first-order valence-electron chi connectivity index (χ1n) is 4.23. The van der Waals surface area contributed by atoms with Crippen molar-refractivity contribution >= 4 is 17.8 Å². The second-order valence-electron chi connectivity index (χ2n) is 3.18. The number of aliphatic hydroxyl groups excluding tert-OH is 1. The number of hydrogen-bond acceptors (Lipinski definition) is 4. The zero-order chi connectivity index (χ0) is 10.7. The van der Waals surface area contributed by atoms with Gasteiger partial charge in [0.1, 0.15) is 0 Å². The van der Waals surface area contributed by atoms with Crippen LogP contribution in [0.15, 0.2) is 0 Å². The van der Waals surface area contributed by atoms with Gasteiger partial charge in [-0.1, -0.05) is 0 Å². The molecule has 0 aromatic heterocycles. The fraction of sp³-hybridized carbons (Fsp3) is 0.625. The van der Waals surface area contributed by atoms with E-state index in [-0.39, 0.29) is 19.4 Å². The van der Waals surface area contributed by atoms with Crippen molar-refractivity contribution in [2.45, 2.75) is 12.8 Å². The first-order valence-corrected chi connectivity index (χ1v) is 4.23. The summed E-state index contributed by atoms with van der Waals surface area (Å²) in [7, 11) is 0. The van der Waals surface area contributed by atoms with Gasteiger partial charge in [-0.15, -0.1) is 0 Å². The third kappa shape index (κ3) is 2.08. The van der Waals surface area contributed by atoms with E-state index in [0.717, 1.165) is 0 Å². The summed E-state index contributed by atoms with van der Waals surface area (Å²) in [6.07, 6.45) is -0.137. The molecule has 0 aliphatic carbocycles. The van der Waals surface area contributed by atoms with Crippen LogP contribution in [0.25, 0.3) is 0 Å². The highest BCUT2D eigenvalue weighted by Gasteiger charge is 2.39. The van der Waals surface area contributed by atoms with E-state index in [1.165, 1.54) is 0 Å². The molecule has 1 fully saturated rings. The Morgan fingerprint density at radius 3 is 2.64 bits per heavy atom. The predicted molar refractivity (Wildman–Crippen MR) is 44.1 cm³/mol.